The lowest BCUT2D eigenvalue weighted by molar-refractivity contribution is -0.275. The Balaban J connectivity index is 3.12. The van der Waals surface area contributed by atoms with Gasteiger partial charge in [-0.15, -0.1) is 13.2 Å². The first-order valence-corrected chi connectivity index (χ1v) is 5.67. The highest BCUT2D eigenvalue weighted by Crippen LogP contribution is 2.38. The molecule has 0 aliphatic rings. The SMILES string of the molecule is CCOC(=O)C(F)(F)C(O)c1ccccc1OC(F)(F)F. The summed E-state index contributed by atoms with van der Waals surface area (Å²) >= 11 is 0. The fraction of sp³-hybridized carbons (Fsp3) is 0.417. The quantitative estimate of drug-likeness (QED) is 0.671. The van der Waals surface area contributed by atoms with E-state index in [9.17, 15) is 31.9 Å². The van der Waals surface area contributed by atoms with Crippen LogP contribution in [0.3, 0.4) is 0 Å². The van der Waals surface area contributed by atoms with Gasteiger partial charge >= 0.3 is 18.3 Å². The van der Waals surface area contributed by atoms with Gasteiger partial charge in [-0.2, -0.15) is 8.78 Å². The predicted molar refractivity (Wildman–Crippen MR) is 59.7 cm³/mol. The summed E-state index contributed by atoms with van der Waals surface area (Å²) in [5.41, 5.74) is -0.882. The van der Waals surface area contributed by atoms with Crippen LogP contribution in [-0.4, -0.2) is 30.0 Å². The molecule has 9 heteroatoms. The van der Waals surface area contributed by atoms with Crippen molar-refractivity contribution in [3.05, 3.63) is 29.8 Å². The van der Waals surface area contributed by atoms with Crippen LogP contribution in [0, 0.1) is 0 Å². The molecule has 0 spiro atoms. The number of alkyl halides is 5. The predicted octanol–water partition coefficient (Wildman–Crippen LogP) is 2.82. The summed E-state index contributed by atoms with van der Waals surface area (Å²) in [6.07, 6.45) is -7.97. The van der Waals surface area contributed by atoms with Crippen molar-refractivity contribution >= 4 is 5.97 Å². The molecule has 1 unspecified atom stereocenters. The van der Waals surface area contributed by atoms with E-state index in [4.69, 9.17) is 0 Å². The number of ether oxygens (including phenoxy) is 2. The zero-order valence-corrected chi connectivity index (χ0v) is 10.7. The topological polar surface area (TPSA) is 55.8 Å². The summed E-state index contributed by atoms with van der Waals surface area (Å²) in [6, 6.07) is 3.75. The van der Waals surface area contributed by atoms with Gasteiger partial charge in [-0.25, -0.2) is 4.79 Å². The Hall–Kier alpha value is -1.90. The summed E-state index contributed by atoms with van der Waals surface area (Å²) in [5, 5.41) is 9.52. The Morgan fingerprint density at radius 2 is 1.81 bits per heavy atom. The van der Waals surface area contributed by atoms with Gasteiger partial charge in [0.05, 0.1) is 6.61 Å². The minimum absolute atomic E-state index is 0.373. The van der Waals surface area contributed by atoms with Crippen molar-refractivity contribution in [3.63, 3.8) is 0 Å². The number of halogens is 5. The number of para-hydroxylation sites is 1. The van der Waals surface area contributed by atoms with Crippen LogP contribution in [0.5, 0.6) is 5.75 Å². The van der Waals surface area contributed by atoms with Crippen molar-refractivity contribution < 1.29 is 41.3 Å². The van der Waals surface area contributed by atoms with Gasteiger partial charge < -0.3 is 14.6 Å². The molecule has 0 saturated carbocycles. The zero-order chi connectivity index (χ0) is 16.3. The number of esters is 1. The maximum Gasteiger partial charge on any atom is 0.573 e. The molecule has 1 rings (SSSR count). The lowest BCUT2D eigenvalue weighted by Gasteiger charge is -2.23. The number of rotatable bonds is 5. The average Bonchev–Trinajstić information content (AvgIpc) is 2.37. The second kappa shape index (κ2) is 6.25. The van der Waals surface area contributed by atoms with Crippen LogP contribution in [0.15, 0.2) is 24.3 Å². The van der Waals surface area contributed by atoms with Gasteiger partial charge in [0.25, 0.3) is 0 Å². The van der Waals surface area contributed by atoms with E-state index in [0.29, 0.717) is 0 Å². The highest BCUT2D eigenvalue weighted by atomic mass is 19.4. The second-order valence-corrected chi connectivity index (χ2v) is 3.83. The normalized spacial score (nSPS) is 13.7. The molecule has 1 N–H and O–H groups in total. The van der Waals surface area contributed by atoms with Crippen LogP contribution in [0.4, 0.5) is 22.0 Å². The van der Waals surface area contributed by atoms with Gasteiger partial charge in [0.15, 0.2) is 6.10 Å². The van der Waals surface area contributed by atoms with E-state index in [-0.39, 0.29) is 6.61 Å². The molecule has 0 aromatic heterocycles. The van der Waals surface area contributed by atoms with Crippen molar-refractivity contribution in [1.82, 2.24) is 0 Å². The number of aliphatic hydroxyl groups excluding tert-OH is 1. The minimum Gasteiger partial charge on any atom is -0.461 e. The third kappa shape index (κ3) is 4.28. The van der Waals surface area contributed by atoms with Crippen molar-refractivity contribution in [1.29, 1.82) is 0 Å². The first kappa shape index (κ1) is 17.2. The molecule has 0 fully saturated rings. The molecular formula is C12H11F5O4. The zero-order valence-electron chi connectivity index (χ0n) is 10.7. The highest BCUT2D eigenvalue weighted by molar-refractivity contribution is 5.78. The molecule has 0 aliphatic carbocycles. The van der Waals surface area contributed by atoms with Crippen molar-refractivity contribution in [2.24, 2.45) is 0 Å². The highest BCUT2D eigenvalue weighted by Gasteiger charge is 2.50. The molecular weight excluding hydrogens is 303 g/mol. The fourth-order valence-electron chi connectivity index (χ4n) is 1.46. The van der Waals surface area contributed by atoms with E-state index in [1.54, 1.807) is 0 Å². The van der Waals surface area contributed by atoms with E-state index in [0.717, 1.165) is 24.3 Å². The summed E-state index contributed by atoms with van der Waals surface area (Å²) in [4.78, 5) is 11.1. The van der Waals surface area contributed by atoms with E-state index >= 15 is 0 Å². The summed E-state index contributed by atoms with van der Waals surface area (Å²) in [6.45, 7) is 0.892. The average molecular weight is 314 g/mol. The Morgan fingerprint density at radius 3 is 2.33 bits per heavy atom. The molecule has 0 radical (unpaired) electrons. The Labute approximate surface area is 116 Å². The molecule has 0 saturated heterocycles. The molecule has 118 valence electrons. The molecule has 0 aliphatic heterocycles. The van der Waals surface area contributed by atoms with Crippen LogP contribution in [-0.2, 0) is 9.53 Å². The van der Waals surface area contributed by atoms with Crippen molar-refractivity contribution in [2.75, 3.05) is 6.61 Å². The van der Waals surface area contributed by atoms with Gasteiger partial charge in [0.2, 0.25) is 0 Å². The van der Waals surface area contributed by atoms with Crippen LogP contribution in [0.2, 0.25) is 0 Å². The monoisotopic (exact) mass is 314 g/mol. The van der Waals surface area contributed by atoms with Gasteiger partial charge in [-0.1, -0.05) is 18.2 Å². The standard InChI is InChI=1S/C12H11F5O4/c1-2-20-10(19)11(13,14)9(18)7-5-3-4-6-8(7)21-12(15,16)17/h3-6,9,18H,2H2,1H3. The van der Waals surface area contributed by atoms with E-state index in [1.807, 2.05) is 0 Å². The number of carbonyl (C=O) groups excluding carboxylic acids is 1. The lowest BCUT2D eigenvalue weighted by atomic mass is 10.0. The number of aliphatic hydroxyl groups is 1. The Morgan fingerprint density at radius 1 is 1.24 bits per heavy atom. The Bertz CT molecular complexity index is 501. The van der Waals surface area contributed by atoms with Gasteiger partial charge in [0, 0.05) is 5.56 Å². The first-order valence-electron chi connectivity index (χ1n) is 5.67. The first-order chi connectivity index (χ1) is 9.59. The number of hydrogen-bond donors (Lipinski definition) is 1. The summed E-state index contributed by atoms with van der Waals surface area (Å²) < 4.78 is 71.4. The van der Waals surface area contributed by atoms with Crippen molar-refractivity contribution in [3.8, 4) is 5.75 Å². The summed E-state index contributed by atoms with van der Waals surface area (Å²) in [7, 11) is 0. The third-order valence-corrected chi connectivity index (χ3v) is 2.33. The number of carbonyl (C=O) groups is 1. The molecule has 0 heterocycles. The summed E-state index contributed by atoms with van der Waals surface area (Å²) in [5.74, 6) is -7.48. The second-order valence-electron chi connectivity index (χ2n) is 3.83. The van der Waals surface area contributed by atoms with Crippen LogP contribution in [0.1, 0.15) is 18.6 Å². The smallest absolute Gasteiger partial charge is 0.461 e. The number of benzene rings is 1. The minimum atomic E-state index is -5.13. The molecule has 1 aromatic carbocycles. The largest absolute Gasteiger partial charge is 0.573 e. The van der Waals surface area contributed by atoms with Crippen LogP contribution < -0.4 is 4.74 Å². The van der Waals surface area contributed by atoms with Gasteiger partial charge in [-0.05, 0) is 13.0 Å². The maximum absolute atomic E-state index is 13.6. The third-order valence-electron chi connectivity index (χ3n) is 2.33. The van der Waals surface area contributed by atoms with Gasteiger partial charge in [-0.3, -0.25) is 0 Å². The molecule has 0 bridgehead atoms. The number of hydrogen-bond acceptors (Lipinski definition) is 4. The van der Waals surface area contributed by atoms with E-state index in [1.165, 1.54) is 6.92 Å². The molecule has 1 aromatic rings. The molecule has 21 heavy (non-hydrogen) atoms. The lowest BCUT2D eigenvalue weighted by Crippen LogP contribution is -2.37. The van der Waals surface area contributed by atoms with Gasteiger partial charge in [0.1, 0.15) is 5.75 Å². The molecule has 0 amide bonds. The van der Waals surface area contributed by atoms with E-state index in [2.05, 4.69) is 9.47 Å². The van der Waals surface area contributed by atoms with Crippen molar-refractivity contribution in [2.45, 2.75) is 25.3 Å². The Kier molecular flexibility index (Phi) is 5.10. The fourth-order valence-corrected chi connectivity index (χ4v) is 1.46. The molecule has 4 nitrogen and oxygen atoms in total. The van der Waals surface area contributed by atoms with Crippen LogP contribution >= 0.6 is 0 Å². The maximum atomic E-state index is 13.6. The van der Waals surface area contributed by atoms with Crippen LogP contribution in [0.25, 0.3) is 0 Å². The molecule has 1 atom stereocenters. The van der Waals surface area contributed by atoms with E-state index < -0.39 is 35.7 Å².